The Morgan fingerprint density at radius 1 is 0.376 bits per heavy atom. The molecule has 0 bridgehead atoms. The van der Waals surface area contributed by atoms with E-state index in [1.165, 1.54) is 30.3 Å². The highest BCUT2D eigenvalue weighted by Crippen LogP contribution is 2.52. The van der Waals surface area contributed by atoms with Crippen molar-refractivity contribution in [3.8, 4) is 34.5 Å². The van der Waals surface area contributed by atoms with Gasteiger partial charge >= 0.3 is 17.9 Å². The summed E-state index contributed by atoms with van der Waals surface area (Å²) in [5.41, 5.74) is 8.42. The van der Waals surface area contributed by atoms with E-state index in [0.717, 1.165) is 86.0 Å². The minimum Gasteiger partial charge on any atom is -0.507 e. The Bertz CT molecular complexity index is 5990. The third-order valence-electron chi connectivity index (χ3n) is 14.2. The van der Waals surface area contributed by atoms with Crippen LogP contribution in [0.15, 0.2) is 202 Å². The molecule has 43 heteroatoms. The van der Waals surface area contributed by atoms with E-state index in [1.807, 2.05) is 0 Å². The van der Waals surface area contributed by atoms with Crippen LogP contribution in [-0.4, -0.2) is 118 Å². The summed E-state index contributed by atoms with van der Waals surface area (Å²) in [5, 5.41) is 128. The second-order valence-electron chi connectivity index (χ2n) is 20.6. The number of ether oxygens (including phenoxy) is 1. The lowest BCUT2D eigenvalue weighted by atomic mass is 10.1. The number of rotatable bonds is 20. The van der Waals surface area contributed by atoms with Gasteiger partial charge in [0.05, 0.1) is 52.2 Å². The molecule has 18 N–H and O–H groups in total. The third-order valence-corrected chi connectivity index (χ3v) is 17.7. The molecule has 0 spiro atoms. The predicted octanol–water partition coefficient (Wildman–Crippen LogP) is 13.0. The quantitative estimate of drug-likeness (QED) is 0.0191. The van der Waals surface area contributed by atoms with Crippen molar-refractivity contribution in [2.24, 2.45) is 61.4 Å². The highest BCUT2D eigenvalue weighted by atomic mass is 32.2. The number of methoxy groups -OCH3 is 1. The standard InChI is InChI=1S/C58H41N15O24S4/c1-97-40-20-27(65-73-51-53(77)28-7-2-23(59)16-30(28)47(55(51)101(94,95)96)69-63-26-6-13-39(75)34(19-26)58(83)84)4-11-37(40)67-72-50-42(99(88,89)90)15-22-14-41(98(85,86)87)48(45(61)44(22)54(50)78)70-66-36-10-3-24(17-32(36)56(79)80)64-71-49-43(100(91,92)93)21-31-29(52(49)76)8-9-35(60)46(31)68-62-25-5-12-38(74)33(18-25)57(81)82/h2-21,74-78H,59-61H2,1H3,(H,79,80)(H,81,82)(H,83,84)(H,85,86,87)(H,88,89,90)(H,91,92,93)(H,94,95,96). The van der Waals surface area contributed by atoms with E-state index in [9.17, 15) is 107 Å². The van der Waals surface area contributed by atoms with E-state index in [2.05, 4.69) is 61.4 Å². The molecule has 0 saturated carbocycles. The van der Waals surface area contributed by atoms with Crippen LogP contribution in [0.4, 0.5) is 85.3 Å². The first-order chi connectivity index (χ1) is 47.3. The number of hydrogen-bond acceptors (Lipinski definition) is 32. The van der Waals surface area contributed by atoms with Crippen LogP contribution in [0, 0.1) is 0 Å². The number of hydrogen-bond donors (Lipinski definition) is 15. The van der Waals surface area contributed by atoms with E-state index in [0.29, 0.717) is 12.1 Å². The van der Waals surface area contributed by atoms with Gasteiger partial charge in [0, 0.05) is 33.3 Å². The van der Waals surface area contributed by atoms with Gasteiger partial charge in [-0.2, -0.15) is 54.1 Å². The SMILES string of the molecule is COc1cc(N=Nc2c(S(=O)(=O)O)c(N=Nc3ccc(O)c(C(=O)O)c3)c3cc(N)ccc3c2O)ccc1N=Nc1c(S(=O)(=O)O)cc2cc(S(=O)(=O)O)c(N=Nc3ccc(N=Nc4c(S(=O)(=O)O)cc5c(N=Nc6ccc(O)c(C(=O)O)c6)c(N)ccc5c4O)cc3C(=O)O)c(N)c2c1O. The highest BCUT2D eigenvalue weighted by Gasteiger charge is 2.32. The zero-order valence-electron chi connectivity index (χ0n) is 50.0. The Morgan fingerprint density at radius 2 is 0.782 bits per heavy atom. The summed E-state index contributed by atoms with van der Waals surface area (Å²) >= 11 is 0. The number of nitrogens with zero attached hydrogens (tertiary/aromatic N) is 12. The van der Waals surface area contributed by atoms with Gasteiger partial charge in [-0.1, -0.05) is 0 Å². The van der Waals surface area contributed by atoms with Crippen molar-refractivity contribution in [3.63, 3.8) is 0 Å². The Hall–Kier alpha value is -13.2. The number of carbonyl (C=O) groups is 3. The van der Waals surface area contributed by atoms with E-state index in [4.69, 9.17) is 21.9 Å². The Morgan fingerprint density at radius 3 is 1.31 bits per heavy atom. The molecule has 10 aromatic rings. The first-order valence-electron chi connectivity index (χ1n) is 27.2. The van der Waals surface area contributed by atoms with Crippen molar-refractivity contribution in [1.82, 2.24) is 0 Å². The molecule has 0 heterocycles. The number of nitrogens with two attached hydrogens (primary N) is 3. The maximum atomic E-state index is 13.1. The monoisotopic (exact) mass is 1460 g/mol. The smallest absolute Gasteiger partial charge is 0.339 e. The number of carboxylic acids is 3. The van der Waals surface area contributed by atoms with Crippen LogP contribution in [0.1, 0.15) is 31.1 Å². The Labute approximate surface area is 562 Å². The van der Waals surface area contributed by atoms with Crippen molar-refractivity contribution < 1.29 is 112 Å². The van der Waals surface area contributed by atoms with Crippen molar-refractivity contribution >= 4 is 176 Å². The molecule has 0 aliphatic carbocycles. The van der Waals surface area contributed by atoms with Crippen LogP contribution in [0.5, 0.6) is 34.5 Å². The molecule has 0 radical (unpaired) electrons. The third kappa shape index (κ3) is 14.3. The maximum absolute atomic E-state index is 13.1. The molecule has 39 nitrogen and oxygen atoms in total. The summed E-state index contributed by atoms with van der Waals surface area (Å²) in [5.74, 6) is -9.54. The molecule has 10 rings (SSSR count). The number of azo groups is 6. The van der Waals surface area contributed by atoms with Gasteiger partial charge in [-0.3, -0.25) is 18.2 Å². The van der Waals surface area contributed by atoms with Gasteiger partial charge in [-0.15, -0.1) is 40.9 Å². The number of benzene rings is 10. The average Bonchev–Trinajstić information content (AvgIpc) is 0.752. The Kier molecular flexibility index (Phi) is 18.7. The number of anilines is 3. The van der Waals surface area contributed by atoms with Crippen LogP contribution < -0.4 is 21.9 Å². The summed E-state index contributed by atoms with van der Waals surface area (Å²) in [7, 11) is -20.8. The van der Waals surface area contributed by atoms with Gasteiger partial charge < -0.3 is 62.8 Å². The lowest BCUT2D eigenvalue weighted by Gasteiger charge is -2.14. The molecule has 0 aromatic heterocycles. The lowest BCUT2D eigenvalue weighted by molar-refractivity contribution is 0.0682. The molecule has 0 saturated heterocycles. The number of nitrogen functional groups attached to an aromatic ring is 3. The van der Waals surface area contributed by atoms with Gasteiger partial charge in [0.2, 0.25) is 0 Å². The van der Waals surface area contributed by atoms with Gasteiger partial charge in [0.25, 0.3) is 40.5 Å². The van der Waals surface area contributed by atoms with Crippen LogP contribution in [-0.2, 0) is 40.5 Å². The number of phenolic OH excluding ortho intramolecular Hbond substituents is 3. The average molecular weight is 1460 g/mol. The van der Waals surface area contributed by atoms with Crippen molar-refractivity contribution in [2.45, 2.75) is 19.6 Å². The van der Waals surface area contributed by atoms with Gasteiger partial charge in [-0.25, -0.2) is 14.4 Å². The van der Waals surface area contributed by atoms with Gasteiger partial charge in [0.15, 0.2) is 27.8 Å². The number of aromatic carboxylic acids is 3. The molecular weight excluding hydrogens is 1420 g/mol. The van der Waals surface area contributed by atoms with Crippen LogP contribution in [0.3, 0.4) is 0 Å². The van der Waals surface area contributed by atoms with Crippen molar-refractivity contribution in [3.05, 3.63) is 138 Å². The molecule has 516 valence electrons. The summed E-state index contributed by atoms with van der Waals surface area (Å²) in [6.07, 6.45) is 0. The summed E-state index contributed by atoms with van der Waals surface area (Å²) < 4.78 is 151. The molecule has 0 unspecified atom stereocenters. The fourth-order valence-corrected chi connectivity index (χ4v) is 12.4. The van der Waals surface area contributed by atoms with Gasteiger partial charge in [0.1, 0.15) is 82.9 Å². The predicted molar refractivity (Wildman–Crippen MR) is 351 cm³/mol. The zero-order chi connectivity index (χ0) is 73.7. The van der Waals surface area contributed by atoms with Crippen molar-refractivity contribution in [1.29, 1.82) is 0 Å². The molecule has 0 aliphatic rings. The first kappa shape index (κ1) is 70.6. The highest BCUT2D eigenvalue weighted by molar-refractivity contribution is 7.86. The first-order valence-corrected chi connectivity index (χ1v) is 33.0. The summed E-state index contributed by atoms with van der Waals surface area (Å²) in [6.45, 7) is 0. The second kappa shape index (κ2) is 26.7. The van der Waals surface area contributed by atoms with Crippen molar-refractivity contribution in [2.75, 3.05) is 24.3 Å². The molecule has 0 aliphatic heterocycles. The van der Waals surface area contributed by atoms with Crippen LogP contribution >= 0.6 is 0 Å². The van der Waals surface area contributed by atoms with E-state index in [-0.39, 0.29) is 67.1 Å². The second-order valence-corrected chi connectivity index (χ2v) is 26.2. The van der Waals surface area contributed by atoms with E-state index in [1.54, 1.807) is 0 Å². The number of aromatic hydroxyl groups is 5. The number of phenols is 5. The Balaban J connectivity index is 0.997. The maximum Gasteiger partial charge on any atom is 0.339 e. The normalized spacial score (nSPS) is 12.6. The van der Waals surface area contributed by atoms with Crippen LogP contribution in [0.25, 0.3) is 32.3 Å². The fourth-order valence-electron chi connectivity index (χ4n) is 9.61. The molecule has 0 fully saturated rings. The minimum atomic E-state index is -5.51. The largest absolute Gasteiger partial charge is 0.507 e. The molecule has 0 atom stereocenters. The molecular formula is C58H41N15O24S4. The van der Waals surface area contributed by atoms with E-state index < -0.39 is 180 Å². The minimum absolute atomic E-state index is 0.00757. The fraction of sp³-hybridized carbons (Fsp3) is 0.0172. The van der Waals surface area contributed by atoms with Gasteiger partial charge in [-0.05, 0) is 121 Å². The molecule has 10 aromatic carbocycles. The van der Waals surface area contributed by atoms with Crippen LogP contribution in [0.2, 0.25) is 0 Å². The summed E-state index contributed by atoms with van der Waals surface area (Å²) in [4.78, 5) is 31.2. The number of carboxylic acid groups (broad SMARTS) is 3. The van der Waals surface area contributed by atoms with E-state index >= 15 is 0 Å². The zero-order valence-corrected chi connectivity index (χ0v) is 53.3. The molecule has 101 heavy (non-hydrogen) atoms. The molecule has 0 amide bonds. The summed E-state index contributed by atoms with van der Waals surface area (Å²) in [6, 6.07) is 19.9. The number of fused-ring (bicyclic) bond motifs is 3. The lowest BCUT2D eigenvalue weighted by Crippen LogP contribution is -2.04. The topological polar surface area (TPSA) is 666 Å².